The van der Waals surface area contributed by atoms with E-state index in [1.807, 2.05) is 0 Å². The smallest absolute Gasteiger partial charge is 0.0619 e. The second kappa shape index (κ2) is 9.99. The molecule has 0 atom stereocenters. The second-order valence-electron chi connectivity index (χ2n) is 16.3. The van der Waals surface area contributed by atoms with Crippen molar-refractivity contribution in [2.75, 3.05) is 0 Å². The Hall–Kier alpha value is -7.02. The fourth-order valence-electron chi connectivity index (χ4n) is 11.8. The third kappa shape index (κ3) is 3.24. The summed E-state index contributed by atoms with van der Waals surface area (Å²) in [5, 5.41) is 7.99. The van der Waals surface area contributed by atoms with Gasteiger partial charge in [-0.1, -0.05) is 158 Å². The Morgan fingerprint density at radius 2 is 0.839 bits per heavy atom. The first-order valence-electron chi connectivity index (χ1n) is 19.9. The van der Waals surface area contributed by atoms with E-state index in [0.29, 0.717) is 0 Å². The summed E-state index contributed by atoms with van der Waals surface area (Å²) in [6, 6.07) is 67.3. The van der Waals surface area contributed by atoms with Crippen LogP contribution in [0.4, 0.5) is 0 Å². The number of benzene rings is 10. The van der Waals surface area contributed by atoms with Gasteiger partial charge in [-0.15, -0.1) is 0 Å². The summed E-state index contributed by atoms with van der Waals surface area (Å²) < 4.78 is 0. The highest BCUT2D eigenvalue weighted by atomic mass is 14.5. The summed E-state index contributed by atoms with van der Waals surface area (Å²) in [5.74, 6) is 0. The molecule has 56 heavy (non-hydrogen) atoms. The Labute approximate surface area is 325 Å². The van der Waals surface area contributed by atoms with Gasteiger partial charge in [-0.2, -0.15) is 0 Å². The van der Waals surface area contributed by atoms with E-state index in [1.54, 1.807) is 0 Å². The molecule has 0 N–H and O–H groups in total. The lowest BCUT2D eigenvalue weighted by Gasteiger charge is -2.30. The van der Waals surface area contributed by atoms with Crippen molar-refractivity contribution in [3.8, 4) is 77.9 Å². The predicted octanol–water partition coefficient (Wildman–Crippen LogP) is 14.8. The van der Waals surface area contributed by atoms with Crippen molar-refractivity contribution < 1.29 is 0 Å². The van der Waals surface area contributed by atoms with E-state index in [0.717, 1.165) is 0 Å². The van der Waals surface area contributed by atoms with Gasteiger partial charge >= 0.3 is 0 Å². The summed E-state index contributed by atoms with van der Waals surface area (Å²) in [5.41, 5.74) is 25.3. The van der Waals surface area contributed by atoms with Crippen LogP contribution in [0.25, 0.3) is 110 Å². The van der Waals surface area contributed by atoms with Gasteiger partial charge in [-0.05, 0) is 163 Å². The van der Waals surface area contributed by atoms with Crippen molar-refractivity contribution in [1.29, 1.82) is 0 Å². The van der Waals surface area contributed by atoms with Gasteiger partial charge in [0.15, 0.2) is 0 Å². The molecule has 0 fully saturated rings. The van der Waals surface area contributed by atoms with E-state index in [2.05, 4.69) is 183 Å². The van der Waals surface area contributed by atoms with Gasteiger partial charge < -0.3 is 0 Å². The molecule has 0 amide bonds. The zero-order valence-corrected chi connectivity index (χ0v) is 30.7. The number of aryl methyl sites for hydroxylation is 1. The first-order chi connectivity index (χ1) is 27.7. The zero-order chi connectivity index (χ0) is 36.4. The van der Waals surface area contributed by atoms with Gasteiger partial charge in [0.25, 0.3) is 0 Å². The average molecular weight is 705 g/mol. The SMILES string of the molecule is Cc1cc2c(cc1-c1c3c(cc4ccccc14)-c1cc4c(c5cccc-3c15)-c1ccccc1C41c3ccccc3-c3ccccc31)-c1cccc3cccc-2c13. The minimum absolute atomic E-state index is 0.394. The molecule has 0 nitrogen and oxygen atoms in total. The molecule has 0 radical (unpaired) electrons. The highest BCUT2D eigenvalue weighted by Crippen LogP contribution is 2.66. The maximum Gasteiger partial charge on any atom is 0.0725 e. The number of hydrogen-bond acceptors (Lipinski definition) is 0. The lowest BCUT2D eigenvalue weighted by Crippen LogP contribution is -2.25. The lowest BCUT2D eigenvalue weighted by molar-refractivity contribution is 0.795. The average Bonchev–Trinajstić information content (AvgIpc) is 3.94. The van der Waals surface area contributed by atoms with Crippen LogP contribution in [0, 0.1) is 6.92 Å². The Bertz CT molecular complexity index is 3430. The summed E-state index contributed by atoms with van der Waals surface area (Å²) >= 11 is 0. The van der Waals surface area contributed by atoms with Crippen LogP contribution in [0.3, 0.4) is 0 Å². The van der Waals surface area contributed by atoms with Gasteiger partial charge in [0, 0.05) is 0 Å². The van der Waals surface area contributed by atoms with Crippen LogP contribution in [-0.4, -0.2) is 0 Å². The first-order valence-corrected chi connectivity index (χ1v) is 19.9. The van der Waals surface area contributed by atoms with Crippen molar-refractivity contribution in [2.45, 2.75) is 12.3 Å². The molecule has 1 spiro atoms. The van der Waals surface area contributed by atoms with E-state index < -0.39 is 5.41 Å². The van der Waals surface area contributed by atoms with Crippen molar-refractivity contribution in [1.82, 2.24) is 0 Å². The molecular formula is C56H32. The van der Waals surface area contributed by atoms with Crippen molar-refractivity contribution >= 4 is 32.3 Å². The van der Waals surface area contributed by atoms with Crippen LogP contribution in [0.2, 0.25) is 0 Å². The molecule has 4 aliphatic carbocycles. The molecular weight excluding hydrogens is 673 g/mol. The van der Waals surface area contributed by atoms with Gasteiger partial charge in [0.05, 0.1) is 5.41 Å². The van der Waals surface area contributed by atoms with Crippen LogP contribution in [0.5, 0.6) is 0 Å². The van der Waals surface area contributed by atoms with E-state index in [9.17, 15) is 0 Å². The zero-order valence-electron chi connectivity index (χ0n) is 30.7. The molecule has 0 heterocycles. The molecule has 4 aliphatic rings. The Morgan fingerprint density at radius 3 is 1.59 bits per heavy atom. The highest BCUT2D eigenvalue weighted by molar-refractivity contribution is 6.26. The largest absolute Gasteiger partial charge is 0.0725 e. The third-order valence-electron chi connectivity index (χ3n) is 13.8. The van der Waals surface area contributed by atoms with Gasteiger partial charge in [-0.25, -0.2) is 0 Å². The number of hydrogen-bond donors (Lipinski definition) is 0. The summed E-state index contributed by atoms with van der Waals surface area (Å²) in [6.45, 7) is 2.32. The molecule has 0 saturated carbocycles. The fraction of sp³-hybridized carbons (Fsp3) is 0.0357. The number of rotatable bonds is 1. The van der Waals surface area contributed by atoms with Crippen LogP contribution in [-0.2, 0) is 5.41 Å². The second-order valence-corrected chi connectivity index (χ2v) is 16.3. The van der Waals surface area contributed by atoms with E-state index >= 15 is 0 Å². The lowest BCUT2D eigenvalue weighted by atomic mass is 9.70. The van der Waals surface area contributed by atoms with Crippen molar-refractivity contribution in [3.63, 3.8) is 0 Å². The van der Waals surface area contributed by atoms with Gasteiger partial charge in [-0.3, -0.25) is 0 Å². The maximum atomic E-state index is 2.61. The summed E-state index contributed by atoms with van der Waals surface area (Å²) in [6.07, 6.45) is 0. The molecule has 0 bridgehead atoms. The van der Waals surface area contributed by atoms with Crippen LogP contribution in [0.1, 0.15) is 27.8 Å². The topological polar surface area (TPSA) is 0 Å². The molecule has 10 aromatic carbocycles. The van der Waals surface area contributed by atoms with E-state index in [1.165, 1.54) is 138 Å². The quantitative estimate of drug-likeness (QED) is 0.160. The van der Waals surface area contributed by atoms with Crippen LogP contribution in [0.15, 0.2) is 176 Å². The monoisotopic (exact) mass is 704 g/mol. The van der Waals surface area contributed by atoms with Crippen LogP contribution < -0.4 is 0 Å². The van der Waals surface area contributed by atoms with E-state index in [4.69, 9.17) is 0 Å². The minimum Gasteiger partial charge on any atom is -0.0619 e. The Balaban J connectivity index is 1.11. The van der Waals surface area contributed by atoms with Crippen molar-refractivity contribution in [2.24, 2.45) is 0 Å². The first kappa shape index (κ1) is 29.4. The Morgan fingerprint density at radius 1 is 0.286 bits per heavy atom. The maximum absolute atomic E-state index is 2.61. The normalized spacial score (nSPS) is 13.9. The summed E-state index contributed by atoms with van der Waals surface area (Å²) in [7, 11) is 0. The number of fused-ring (bicyclic) bond motifs is 18. The minimum atomic E-state index is -0.394. The van der Waals surface area contributed by atoms with Gasteiger partial charge in [0.1, 0.15) is 0 Å². The Kier molecular flexibility index (Phi) is 5.23. The molecule has 0 heteroatoms. The fourth-order valence-corrected chi connectivity index (χ4v) is 11.8. The summed E-state index contributed by atoms with van der Waals surface area (Å²) in [4.78, 5) is 0. The van der Waals surface area contributed by atoms with Crippen LogP contribution >= 0.6 is 0 Å². The molecule has 0 aliphatic heterocycles. The predicted molar refractivity (Wildman–Crippen MR) is 234 cm³/mol. The molecule has 256 valence electrons. The molecule has 0 saturated heterocycles. The van der Waals surface area contributed by atoms with Crippen molar-refractivity contribution in [3.05, 3.63) is 204 Å². The molecule has 14 rings (SSSR count). The standard InChI is InChI=1S/C56H32/c1-31-27-43-37-20-10-14-32-15-11-21-38(51(32)37)44(43)29-42(31)54-34-16-3-2-13-33(34)28-45-46-30-50-53(40-22-12-23-41(52(40)46)55(45)54)39-19-6-9-26-49(39)56(50)47-24-7-4-17-35(47)36-18-5-8-25-48(36)56/h2-30H,1H3. The molecule has 0 aromatic heterocycles. The molecule has 10 aromatic rings. The molecule has 0 unspecified atom stereocenters. The van der Waals surface area contributed by atoms with Gasteiger partial charge in [0.2, 0.25) is 0 Å². The van der Waals surface area contributed by atoms with E-state index in [-0.39, 0.29) is 0 Å². The highest BCUT2D eigenvalue weighted by Gasteiger charge is 2.52. The third-order valence-corrected chi connectivity index (χ3v) is 13.8.